The lowest BCUT2D eigenvalue weighted by atomic mass is 9.75. The molecule has 0 aromatic heterocycles. The van der Waals surface area contributed by atoms with Crippen molar-refractivity contribution in [3.8, 4) is 0 Å². The van der Waals surface area contributed by atoms with Crippen LogP contribution in [0.25, 0.3) is 0 Å². The Labute approximate surface area is 119 Å². The Bertz CT molecular complexity index is 422. The monoisotopic (exact) mass is 256 g/mol. The third kappa shape index (κ3) is 3.42. The summed E-state index contributed by atoms with van der Waals surface area (Å²) in [5.41, 5.74) is 6.15. The highest BCUT2D eigenvalue weighted by Crippen LogP contribution is 2.25. The van der Waals surface area contributed by atoms with Crippen LogP contribution in [0.5, 0.6) is 0 Å². The summed E-state index contributed by atoms with van der Waals surface area (Å²) in [5.74, 6) is 0.882. The maximum absolute atomic E-state index is 2.53. The van der Waals surface area contributed by atoms with Crippen LogP contribution in [-0.2, 0) is 12.8 Å². The Morgan fingerprint density at radius 2 is 1.79 bits per heavy atom. The van der Waals surface area contributed by atoms with E-state index in [-0.39, 0.29) is 0 Å². The van der Waals surface area contributed by atoms with Gasteiger partial charge in [0.15, 0.2) is 0 Å². The van der Waals surface area contributed by atoms with Gasteiger partial charge < -0.3 is 4.90 Å². The summed E-state index contributed by atoms with van der Waals surface area (Å²) in [4.78, 5) is 2.53. The molecule has 1 nitrogen and oxygen atoms in total. The Kier molecular flexibility index (Phi) is 5.09. The Morgan fingerprint density at radius 3 is 2.42 bits per heavy atom. The van der Waals surface area contributed by atoms with Gasteiger partial charge in [-0.3, -0.25) is 0 Å². The molecule has 103 valence electrons. The largest absolute Gasteiger partial charge is 0.303 e. The minimum absolute atomic E-state index is 0.882. The molecule has 1 aliphatic heterocycles. The van der Waals surface area contributed by atoms with Gasteiger partial charge in [0.05, 0.1) is 0 Å². The molecule has 0 spiro atoms. The second-order valence-corrected chi connectivity index (χ2v) is 6.00. The van der Waals surface area contributed by atoms with E-state index in [1.807, 2.05) is 0 Å². The molecule has 0 amide bonds. The molecule has 1 aromatic rings. The van der Waals surface area contributed by atoms with E-state index in [0.717, 1.165) is 5.92 Å². The van der Waals surface area contributed by atoms with Gasteiger partial charge in [-0.05, 0) is 61.4 Å². The van der Waals surface area contributed by atoms with Crippen LogP contribution in [0.3, 0.4) is 0 Å². The Morgan fingerprint density at radius 1 is 1.16 bits per heavy atom. The summed E-state index contributed by atoms with van der Waals surface area (Å²) < 4.78 is 0. The first kappa shape index (κ1) is 14.6. The molecule has 2 heteroatoms. The van der Waals surface area contributed by atoms with Crippen LogP contribution in [0, 0.1) is 19.8 Å². The maximum Gasteiger partial charge on any atom is 0.106 e. The molecule has 0 N–H and O–H groups in total. The highest BCUT2D eigenvalue weighted by atomic mass is 15.2. The molecule has 2 rings (SSSR count). The number of rotatable bonds is 6. The molecule has 0 atom stereocenters. The van der Waals surface area contributed by atoms with Gasteiger partial charge in [-0.1, -0.05) is 32.2 Å². The van der Waals surface area contributed by atoms with Crippen molar-refractivity contribution in [3.63, 3.8) is 0 Å². The third-order valence-electron chi connectivity index (χ3n) is 4.70. The minimum Gasteiger partial charge on any atom is -0.303 e. The molecule has 0 aliphatic carbocycles. The molecule has 1 radical (unpaired) electrons. The molecule has 1 heterocycles. The molecule has 1 fully saturated rings. The van der Waals surface area contributed by atoms with Crippen LogP contribution in [-0.4, -0.2) is 31.8 Å². The highest BCUT2D eigenvalue weighted by Gasteiger charge is 2.25. The van der Waals surface area contributed by atoms with E-state index in [4.69, 9.17) is 0 Å². The molecule has 1 aliphatic rings. The second-order valence-electron chi connectivity index (χ2n) is 6.00. The third-order valence-corrected chi connectivity index (χ3v) is 4.70. The molecule has 1 saturated heterocycles. The zero-order valence-electron chi connectivity index (χ0n) is 13.0. The molecule has 1 aromatic carbocycles. The predicted octanol–water partition coefficient (Wildman–Crippen LogP) is 3.51. The normalized spacial score (nSPS) is 16.4. The standard InChI is InChI=1S/C17H27BN/c1-5-19-11-15(12-19)10-17-7-6-16(8-9-18-4)13(2)14(17)3/h6-7,15H,5,8-12H2,1-4H3. The van der Waals surface area contributed by atoms with Crippen molar-refractivity contribution in [2.45, 2.75) is 46.8 Å². The second kappa shape index (κ2) is 6.61. The Hall–Kier alpha value is -0.755. The van der Waals surface area contributed by atoms with Crippen molar-refractivity contribution in [2.24, 2.45) is 5.92 Å². The van der Waals surface area contributed by atoms with Crippen LogP contribution in [0.4, 0.5) is 0 Å². The van der Waals surface area contributed by atoms with Crippen molar-refractivity contribution >= 4 is 7.28 Å². The summed E-state index contributed by atoms with van der Waals surface area (Å²) >= 11 is 0. The number of hydrogen-bond donors (Lipinski definition) is 0. The van der Waals surface area contributed by atoms with Gasteiger partial charge in [-0.2, -0.15) is 0 Å². The topological polar surface area (TPSA) is 3.24 Å². The fourth-order valence-corrected chi connectivity index (χ4v) is 3.10. The lowest BCUT2D eigenvalue weighted by Gasteiger charge is -2.39. The Balaban J connectivity index is 2.00. The summed E-state index contributed by atoms with van der Waals surface area (Å²) in [6.07, 6.45) is 3.65. The van der Waals surface area contributed by atoms with Gasteiger partial charge in [-0.25, -0.2) is 0 Å². The summed E-state index contributed by atoms with van der Waals surface area (Å²) in [6.45, 7) is 12.8. The van der Waals surface area contributed by atoms with Crippen molar-refractivity contribution in [3.05, 3.63) is 34.4 Å². The van der Waals surface area contributed by atoms with Crippen LogP contribution in [0.2, 0.25) is 13.1 Å². The van der Waals surface area contributed by atoms with Gasteiger partial charge in [0.2, 0.25) is 0 Å². The highest BCUT2D eigenvalue weighted by molar-refractivity contribution is 6.33. The lowest BCUT2D eigenvalue weighted by molar-refractivity contribution is 0.108. The van der Waals surface area contributed by atoms with Gasteiger partial charge in [0, 0.05) is 13.1 Å². The van der Waals surface area contributed by atoms with E-state index >= 15 is 0 Å². The lowest BCUT2D eigenvalue weighted by Crippen LogP contribution is -2.47. The van der Waals surface area contributed by atoms with E-state index in [2.05, 4.69) is 51.9 Å². The SMILES string of the molecule is C[B]CCc1ccc(CC2CN(CC)C2)c(C)c1C. The first-order valence-electron chi connectivity index (χ1n) is 7.73. The van der Waals surface area contributed by atoms with Crippen molar-refractivity contribution in [1.29, 1.82) is 0 Å². The average molecular weight is 256 g/mol. The number of likely N-dealkylation sites (tertiary alicyclic amines) is 1. The molecule has 0 bridgehead atoms. The number of aryl methyl sites for hydroxylation is 1. The van der Waals surface area contributed by atoms with Gasteiger partial charge in [0.1, 0.15) is 7.28 Å². The first-order chi connectivity index (χ1) is 9.15. The number of benzene rings is 1. The zero-order valence-corrected chi connectivity index (χ0v) is 13.0. The fourth-order valence-electron chi connectivity index (χ4n) is 3.10. The van der Waals surface area contributed by atoms with Crippen LogP contribution in [0.15, 0.2) is 12.1 Å². The van der Waals surface area contributed by atoms with Gasteiger partial charge in [-0.15, -0.1) is 0 Å². The van der Waals surface area contributed by atoms with E-state index in [0.29, 0.717) is 0 Å². The van der Waals surface area contributed by atoms with Gasteiger partial charge >= 0.3 is 0 Å². The van der Waals surface area contributed by atoms with Crippen LogP contribution in [0.1, 0.15) is 29.2 Å². The molecule has 0 unspecified atom stereocenters. The molecule has 0 saturated carbocycles. The average Bonchev–Trinajstić information content (AvgIpc) is 2.37. The van der Waals surface area contributed by atoms with Crippen molar-refractivity contribution in [2.75, 3.05) is 19.6 Å². The predicted molar refractivity (Wildman–Crippen MR) is 85.4 cm³/mol. The minimum atomic E-state index is 0.882. The van der Waals surface area contributed by atoms with Crippen LogP contribution < -0.4 is 0 Å². The quantitative estimate of drug-likeness (QED) is 0.704. The zero-order chi connectivity index (χ0) is 13.8. The fraction of sp³-hybridized carbons (Fsp3) is 0.647. The summed E-state index contributed by atoms with van der Waals surface area (Å²) in [7, 11) is 2.26. The number of nitrogens with zero attached hydrogens (tertiary/aromatic N) is 1. The molecular formula is C17H27BN. The summed E-state index contributed by atoms with van der Waals surface area (Å²) in [5, 5.41) is 0. The molecule has 19 heavy (non-hydrogen) atoms. The molecular weight excluding hydrogens is 229 g/mol. The van der Waals surface area contributed by atoms with Gasteiger partial charge in [0.25, 0.3) is 0 Å². The van der Waals surface area contributed by atoms with Crippen molar-refractivity contribution < 1.29 is 0 Å². The maximum atomic E-state index is 2.53. The number of hydrogen-bond acceptors (Lipinski definition) is 1. The van der Waals surface area contributed by atoms with E-state index in [9.17, 15) is 0 Å². The van der Waals surface area contributed by atoms with Crippen LogP contribution >= 0.6 is 0 Å². The van der Waals surface area contributed by atoms with E-state index in [1.54, 1.807) is 5.56 Å². The first-order valence-corrected chi connectivity index (χ1v) is 7.73. The smallest absolute Gasteiger partial charge is 0.106 e. The van der Waals surface area contributed by atoms with E-state index < -0.39 is 0 Å². The van der Waals surface area contributed by atoms with E-state index in [1.165, 1.54) is 55.5 Å². The van der Waals surface area contributed by atoms with Crippen molar-refractivity contribution in [1.82, 2.24) is 4.90 Å². The summed E-state index contributed by atoms with van der Waals surface area (Å²) in [6, 6.07) is 4.74.